The molecule has 1 aromatic heterocycles. The quantitative estimate of drug-likeness (QED) is 0.512. The normalized spacial score (nSPS) is 16.5. The average Bonchev–Trinajstić information content (AvgIpc) is 2.91. The fourth-order valence-electron chi connectivity index (χ4n) is 1.94. The molecule has 0 saturated heterocycles. The minimum Gasteiger partial charge on any atom is -0.463 e. The summed E-state index contributed by atoms with van der Waals surface area (Å²) in [7, 11) is -0.915. The van der Waals surface area contributed by atoms with Crippen molar-refractivity contribution in [3.05, 3.63) is 23.7 Å². The molecule has 0 radical (unpaired) electrons. The maximum Gasteiger partial charge on any atom is 0.191 e. The van der Waals surface area contributed by atoms with E-state index >= 15 is 0 Å². The summed E-state index contributed by atoms with van der Waals surface area (Å²) in [5.74, 6) is 2.38. The number of furan rings is 1. The lowest BCUT2D eigenvalue weighted by molar-refractivity contribution is 0.0428. The predicted octanol–water partition coefficient (Wildman–Crippen LogP) is 1.90. The topological polar surface area (TPSA) is 86.9 Å². The van der Waals surface area contributed by atoms with Crippen molar-refractivity contribution in [3.63, 3.8) is 0 Å². The number of hydrogen-bond donors (Lipinski definition) is 3. The number of aliphatic hydroxyl groups is 1. The van der Waals surface area contributed by atoms with E-state index in [1.54, 1.807) is 13.0 Å². The van der Waals surface area contributed by atoms with E-state index in [9.17, 15) is 9.32 Å². The molecule has 6 nitrogen and oxygen atoms in total. The number of nitrogens with one attached hydrogen (secondary N) is 2. The Morgan fingerprint density at radius 2 is 1.96 bits per heavy atom. The summed E-state index contributed by atoms with van der Waals surface area (Å²) in [5.41, 5.74) is -1.18. The minimum atomic E-state index is -1.18. The molecule has 0 aromatic carbocycles. The third-order valence-electron chi connectivity index (χ3n) is 3.42. The Kier molecular flexibility index (Phi) is 7.48. The largest absolute Gasteiger partial charge is 0.463 e. The molecule has 1 rings (SSSR count). The molecule has 0 aliphatic heterocycles. The Morgan fingerprint density at radius 3 is 2.46 bits per heavy atom. The second-order valence-corrected chi connectivity index (χ2v) is 9.29. The molecule has 0 spiro atoms. The number of nitrogens with zero attached hydrogens (tertiary/aromatic N) is 1. The third kappa shape index (κ3) is 6.65. The Labute approximate surface area is 147 Å². The van der Waals surface area contributed by atoms with Gasteiger partial charge in [-0.05, 0) is 53.7 Å². The Hall–Kier alpha value is -1.34. The molecule has 0 saturated carbocycles. The van der Waals surface area contributed by atoms with Crippen LogP contribution in [0.3, 0.4) is 0 Å². The van der Waals surface area contributed by atoms with Crippen LogP contribution in [-0.4, -0.2) is 45.4 Å². The van der Waals surface area contributed by atoms with Gasteiger partial charge in [0.1, 0.15) is 17.1 Å². The van der Waals surface area contributed by atoms with Crippen molar-refractivity contribution in [2.24, 2.45) is 4.99 Å². The van der Waals surface area contributed by atoms with Crippen LogP contribution in [0.25, 0.3) is 0 Å². The van der Waals surface area contributed by atoms with Gasteiger partial charge < -0.3 is 20.2 Å². The van der Waals surface area contributed by atoms with E-state index in [1.807, 2.05) is 40.7 Å². The van der Waals surface area contributed by atoms with Crippen LogP contribution in [-0.2, 0) is 16.4 Å². The molecule has 0 aliphatic carbocycles. The van der Waals surface area contributed by atoms with Gasteiger partial charge in [0.15, 0.2) is 5.96 Å². The van der Waals surface area contributed by atoms with Crippen molar-refractivity contribution >= 4 is 16.8 Å². The van der Waals surface area contributed by atoms with Gasteiger partial charge in [0, 0.05) is 34.4 Å². The minimum absolute atomic E-state index is 0.164. The number of aryl methyl sites for hydroxylation is 1. The second-order valence-electron chi connectivity index (χ2n) is 6.97. The molecule has 7 heteroatoms. The van der Waals surface area contributed by atoms with E-state index in [4.69, 9.17) is 4.42 Å². The fourth-order valence-corrected chi connectivity index (χ4v) is 2.84. The summed E-state index contributed by atoms with van der Waals surface area (Å²) in [6, 6.07) is 3.58. The summed E-state index contributed by atoms with van der Waals surface area (Å²) in [6.07, 6.45) is 0. The molecule has 1 aromatic rings. The monoisotopic (exact) mass is 357 g/mol. The van der Waals surface area contributed by atoms with E-state index in [1.165, 1.54) is 0 Å². The van der Waals surface area contributed by atoms with Crippen molar-refractivity contribution in [1.29, 1.82) is 0 Å². The molecule has 2 atom stereocenters. The molecule has 1 heterocycles. The van der Waals surface area contributed by atoms with Crippen LogP contribution < -0.4 is 10.6 Å². The number of guanidine groups is 1. The van der Waals surface area contributed by atoms with Crippen LogP contribution in [0.4, 0.5) is 0 Å². The fraction of sp³-hybridized carbons (Fsp3) is 0.706. The zero-order valence-corrected chi connectivity index (χ0v) is 16.4. The number of rotatable bonds is 7. The van der Waals surface area contributed by atoms with Gasteiger partial charge in [0.25, 0.3) is 0 Å². The number of aliphatic imine (C=N–C) groups is 1. The zero-order valence-electron chi connectivity index (χ0n) is 15.6. The standard InChI is InChI=1S/C17H31N3O3S/c1-7-18-15(19-10-11-24(22)16(3,4)5)20-12-17(6,21)14-9-8-13(2)23-14/h8-9,21H,7,10-12H2,1-6H3,(H2,18,19,20). The first-order valence-electron chi connectivity index (χ1n) is 8.26. The highest BCUT2D eigenvalue weighted by Crippen LogP contribution is 2.23. The van der Waals surface area contributed by atoms with E-state index in [-0.39, 0.29) is 11.3 Å². The van der Waals surface area contributed by atoms with Crippen LogP contribution in [0.1, 0.15) is 46.1 Å². The molecule has 24 heavy (non-hydrogen) atoms. The van der Waals surface area contributed by atoms with Gasteiger partial charge in [-0.2, -0.15) is 0 Å². The van der Waals surface area contributed by atoms with Crippen LogP contribution in [0.5, 0.6) is 0 Å². The SMILES string of the molecule is CCNC(=NCC(C)(O)c1ccc(C)o1)NCCS(=O)C(C)(C)C. The number of hydrogen-bond acceptors (Lipinski definition) is 4. The van der Waals surface area contributed by atoms with Crippen LogP contribution in [0.15, 0.2) is 21.5 Å². The maximum absolute atomic E-state index is 12.1. The Bertz CT molecular complexity index is 574. The molecular weight excluding hydrogens is 326 g/mol. The predicted molar refractivity (Wildman–Crippen MR) is 99.8 cm³/mol. The molecule has 0 fully saturated rings. The smallest absolute Gasteiger partial charge is 0.191 e. The summed E-state index contributed by atoms with van der Waals surface area (Å²) in [6.45, 7) is 12.8. The Balaban J connectivity index is 2.63. The van der Waals surface area contributed by atoms with Gasteiger partial charge in [0.2, 0.25) is 0 Å². The van der Waals surface area contributed by atoms with E-state index < -0.39 is 16.4 Å². The highest BCUT2D eigenvalue weighted by molar-refractivity contribution is 7.86. The van der Waals surface area contributed by atoms with Gasteiger partial charge in [-0.25, -0.2) is 4.99 Å². The van der Waals surface area contributed by atoms with Crippen molar-refractivity contribution in [1.82, 2.24) is 10.6 Å². The van der Waals surface area contributed by atoms with Crippen LogP contribution in [0.2, 0.25) is 0 Å². The van der Waals surface area contributed by atoms with Gasteiger partial charge >= 0.3 is 0 Å². The summed E-state index contributed by atoms with van der Waals surface area (Å²) < 4.78 is 17.3. The lowest BCUT2D eigenvalue weighted by Gasteiger charge is -2.20. The first kappa shape index (κ1) is 20.7. The van der Waals surface area contributed by atoms with Crippen molar-refractivity contribution in [2.75, 3.05) is 25.4 Å². The molecule has 0 aliphatic rings. The third-order valence-corrected chi connectivity index (χ3v) is 5.36. The second kappa shape index (κ2) is 8.67. The van der Waals surface area contributed by atoms with E-state index in [0.29, 0.717) is 30.6 Å². The van der Waals surface area contributed by atoms with Gasteiger partial charge in [-0.15, -0.1) is 0 Å². The van der Waals surface area contributed by atoms with E-state index in [2.05, 4.69) is 15.6 Å². The average molecular weight is 358 g/mol. The zero-order chi connectivity index (χ0) is 18.4. The molecule has 0 bridgehead atoms. The molecule has 2 unspecified atom stereocenters. The van der Waals surface area contributed by atoms with Gasteiger partial charge in [-0.3, -0.25) is 4.21 Å². The molecule has 3 N–H and O–H groups in total. The van der Waals surface area contributed by atoms with Gasteiger partial charge in [0.05, 0.1) is 6.54 Å². The lowest BCUT2D eigenvalue weighted by Crippen LogP contribution is -2.41. The van der Waals surface area contributed by atoms with Gasteiger partial charge in [-0.1, -0.05) is 0 Å². The van der Waals surface area contributed by atoms with Crippen molar-refractivity contribution < 1.29 is 13.7 Å². The highest BCUT2D eigenvalue weighted by Gasteiger charge is 2.26. The molecule has 0 amide bonds. The first-order valence-corrected chi connectivity index (χ1v) is 9.58. The van der Waals surface area contributed by atoms with Crippen molar-refractivity contribution in [3.8, 4) is 0 Å². The van der Waals surface area contributed by atoms with E-state index in [0.717, 1.165) is 5.76 Å². The highest BCUT2D eigenvalue weighted by atomic mass is 32.2. The maximum atomic E-state index is 12.1. The molecular formula is C17H31N3O3S. The lowest BCUT2D eigenvalue weighted by atomic mass is 10.0. The van der Waals surface area contributed by atoms with Crippen molar-refractivity contribution in [2.45, 2.75) is 51.9 Å². The summed E-state index contributed by atoms with van der Waals surface area (Å²) >= 11 is 0. The molecule has 138 valence electrons. The first-order chi connectivity index (χ1) is 11.1. The Morgan fingerprint density at radius 1 is 1.29 bits per heavy atom. The summed E-state index contributed by atoms with van der Waals surface area (Å²) in [4.78, 5) is 4.42. The van der Waals surface area contributed by atoms with Crippen LogP contribution in [0, 0.1) is 6.92 Å². The summed E-state index contributed by atoms with van der Waals surface area (Å²) in [5, 5.41) is 16.8. The van der Waals surface area contributed by atoms with Crippen LogP contribution >= 0.6 is 0 Å².